The summed E-state index contributed by atoms with van der Waals surface area (Å²) in [5, 5.41) is 3.93. The number of fused-ring (bicyclic) bond motifs is 1. The second-order valence-corrected chi connectivity index (χ2v) is 8.96. The van der Waals surface area contributed by atoms with Crippen LogP contribution in [0.15, 0.2) is 33.0 Å². The summed E-state index contributed by atoms with van der Waals surface area (Å²) in [7, 11) is 0. The fourth-order valence-electron chi connectivity index (χ4n) is 3.09. The van der Waals surface area contributed by atoms with Gasteiger partial charge in [-0.1, -0.05) is 24.8 Å². The normalized spacial score (nSPS) is 15.8. The SMILES string of the molecule is CCn1c(SCC(=O)Nc2cc(C)cc(C)c2)nc2c(c1=O)S[C@H](C)C2. The molecule has 0 bridgehead atoms. The van der Waals surface area contributed by atoms with Gasteiger partial charge in [0.2, 0.25) is 5.91 Å². The van der Waals surface area contributed by atoms with Crippen LogP contribution in [0.25, 0.3) is 0 Å². The Hall–Kier alpha value is -1.73. The zero-order valence-electron chi connectivity index (χ0n) is 15.5. The Morgan fingerprint density at radius 1 is 1.35 bits per heavy atom. The number of anilines is 1. The summed E-state index contributed by atoms with van der Waals surface area (Å²) in [4.78, 5) is 30.4. The third-order valence-electron chi connectivity index (χ3n) is 4.12. The van der Waals surface area contributed by atoms with E-state index in [2.05, 4.69) is 23.3 Å². The summed E-state index contributed by atoms with van der Waals surface area (Å²) < 4.78 is 1.67. The summed E-state index contributed by atoms with van der Waals surface area (Å²) in [5.41, 5.74) is 3.91. The number of amides is 1. The smallest absolute Gasteiger partial charge is 0.268 e. The van der Waals surface area contributed by atoms with Crippen LogP contribution in [0.1, 0.15) is 30.7 Å². The lowest BCUT2D eigenvalue weighted by Crippen LogP contribution is -2.25. The first-order valence-electron chi connectivity index (χ1n) is 8.68. The molecule has 1 aliphatic rings. The van der Waals surface area contributed by atoms with Crippen molar-refractivity contribution < 1.29 is 4.79 Å². The lowest BCUT2D eigenvalue weighted by Gasteiger charge is -2.12. The van der Waals surface area contributed by atoms with E-state index >= 15 is 0 Å². The van der Waals surface area contributed by atoms with Gasteiger partial charge in [0.25, 0.3) is 5.56 Å². The molecule has 2 heterocycles. The number of carbonyl (C=O) groups is 1. The van der Waals surface area contributed by atoms with Gasteiger partial charge in [0.1, 0.15) is 0 Å². The average Bonchev–Trinajstić information content (AvgIpc) is 2.93. The molecule has 0 saturated heterocycles. The monoisotopic (exact) mass is 389 g/mol. The van der Waals surface area contributed by atoms with E-state index in [9.17, 15) is 9.59 Å². The molecule has 5 nitrogen and oxygen atoms in total. The number of thioether (sulfide) groups is 2. The first kappa shape index (κ1) is 19.0. The first-order chi connectivity index (χ1) is 12.4. The molecule has 0 unspecified atom stereocenters. The summed E-state index contributed by atoms with van der Waals surface area (Å²) in [6.45, 7) is 8.59. The topological polar surface area (TPSA) is 64.0 Å². The number of aromatic nitrogens is 2. The van der Waals surface area contributed by atoms with Crippen LogP contribution in [0.5, 0.6) is 0 Å². The van der Waals surface area contributed by atoms with E-state index in [4.69, 9.17) is 0 Å². The number of rotatable bonds is 5. The highest BCUT2D eigenvalue weighted by molar-refractivity contribution is 8.00. The predicted octanol–water partition coefficient (Wildman–Crippen LogP) is 3.65. The van der Waals surface area contributed by atoms with Gasteiger partial charge in [0, 0.05) is 23.9 Å². The maximum absolute atomic E-state index is 12.7. The molecule has 26 heavy (non-hydrogen) atoms. The van der Waals surface area contributed by atoms with Crippen molar-refractivity contribution in [3.63, 3.8) is 0 Å². The highest BCUT2D eigenvalue weighted by Gasteiger charge is 2.26. The minimum atomic E-state index is -0.0971. The molecule has 3 rings (SSSR count). The summed E-state index contributed by atoms with van der Waals surface area (Å²) in [6.07, 6.45) is 0.808. The summed E-state index contributed by atoms with van der Waals surface area (Å²) in [5.74, 6) is 0.126. The minimum absolute atomic E-state index is 0.0177. The van der Waals surface area contributed by atoms with Crippen molar-refractivity contribution in [2.45, 2.75) is 56.0 Å². The van der Waals surface area contributed by atoms with E-state index in [1.54, 1.807) is 16.3 Å². The summed E-state index contributed by atoms with van der Waals surface area (Å²) >= 11 is 2.92. The number of hydrogen-bond donors (Lipinski definition) is 1. The van der Waals surface area contributed by atoms with E-state index < -0.39 is 0 Å². The van der Waals surface area contributed by atoms with Crippen molar-refractivity contribution >= 4 is 35.1 Å². The number of nitrogens with one attached hydrogen (secondary N) is 1. The Morgan fingerprint density at radius 3 is 2.69 bits per heavy atom. The lowest BCUT2D eigenvalue weighted by atomic mass is 10.1. The Bertz CT molecular complexity index is 888. The van der Waals surface area contributed by atoms with E-state index in [0.29, 0.717) is 17.0 Å². The number of nitrogens with zero attached hydrogens (tertiary/aromatic N) is 2. The van der Waals surface area contributed by atoms with Crippen molar-refractivity contribution in [3.05, 3.63) is 45.4 Å². The second-order valence-electron chi connectivity index (χ2n) is 6.57. The summed E-state index contributed by atoms with van der Waals surface area (Å²) in [6, 6.07) is 5.96. The molecule has 2 aromatic rings. The first-order valence-corrected chi connectivity index (χ1v) is 10.5. The van der Waals surface area contributed by atoms with Gasteiger partial charge in [0.15, 0.2) is 5.16 Å². The Morgan fingerprint density at radius 2 is 2.04 bits per heavy atom. The molecule has 1 N–H and O–H groups in total. The molecular weight excluding hydrogens is 366 g/mol. The predicted molar refractivity (Wildman–Crippen MR) is 108 cm³/mol. The molecule has 1 aromatic heterocycles. The molecule has 1 aliphatic heterocycles. The van der Waals surface area contributed by atoms with Gasteiger partial charge in [-0.05, 0) is 44.0 Å². The van der Waals surface area contributed by atoms with Gasteiger partial charge in [0.05, 0.1) is 16.3 Å². The van der Waals surface area contributed by atoms with Gasteiger partial charge in [-0.2, -0.15) is 0 Å². The molecule has 7 heteroatoms. The standard InChI is InChI=1S/C19H23N3O2S2/c1-5-22-18(24)17-15(9-13(4)26-17)21-19(22)25-10-16(23)20-14-7-11(2)6-12(3)8-14/h6-8,13H,5,9-10H2,1-4H3,(H,20,23)/t13-/m1/s1. The van der Waals surface area contributed by atoms with Crippen LogP contribution >= 0.6 is 23.5 Å². The minimum Gasteiger partial charge on any atom is -0.325 e. The van der Waals surface area contributed by atoms with E-state index in [0.717, 1.165) is 33.8 Å². The molecule has 0 aliphatic carbocycles. The number of benzene rings is 1. The maximum Gasteiger partial charge on any atom is 0.268 e. The van der Waals surface area contributed by atoms with Crippen LogP contribution in [0.3, 0.4) is 0 Å². The quantitative estimate of drug-likeness (QED) is 0.625. The van der Waals surface area contributed by atoms with Crippen molar-refractivity contribution in [1.29, 1.82) is 0 Å². The lowest BCUT2D eigenvalue weighted by molar-refractivity contribution is -0.113. The maximum atomic E-state index is 12.7. The van der Waals surface area contributed by atoms with Crippen LogP contribution in [0.2, 0.25) is 0 Å². The van der Waals surface area contributed by atoms with Crippen molar-refractivity contribution in [2.24, 2.45) is 0 Å². The van der Waals surface area contributed by atoms with Crippen molar-refractivity contribution in [2.75, 3.05) is 11.1 Å². The molecule has 1 aromatic carbocycles. The second kappa shape index (κ2) is 7.88. The molecule has 0 fully saturated rings. The zero-order valence-corrected chi connectivity index (χ0v) is 17.1. The van der Waals surface area contributed by atoms with E-state index in [1.807, 2.05) is 32.9 Å². The zero-order chi connectivity index (χ0) is 18.8. The van der Waals surface area contributed by atoms with Gasteiger partial charge < -0.3 is 5.32 Å². The molecular formula is C19H23N3O2S2. The van der Waals surface area contributed by atoms with Crippen LogP contribution in [0.4, 0.5) is 5.69 Å². The number of hydrogen-bond acceptors (Lipinski definition) is 5. The Labute approximate surface area is 162 Å². The van der Waals surface area contributed by atoms with Crippen molar-refractivity contribution in [1.82, 2.24) is 9.55 Å². The van der Waals surface area contributed by atoms with Crippen LogP contribution in [-0.4, -0.2) is 26.5 Å². The molecule has 1 amide bonds. The number of carbonyl (C=O) groups excluding carboxylic acids is 1. The van der Waals surface area contributed by atoms with Gasteiger partial charge in [-0.3, -0.25) is 14.2 Å². The number of aryl methyl sites for hydroxylation is 2. The van der Waals surface area contributed by atoms with Crippen LogP contribution in [-0.2, 0) is 17.8 Å². The highest BCUT2D eigenvalue weighted by atomic mass is 32.2. The average molecular weight is 390 g/mol. The highest BCUT2D eigenvalue weighted by Crippen LogP contribution is 2.34. The largest absolute Gasteiger partial charge is 0.325 e. The third kappa shape index (κ3) is 4.15. The molecule has 1 atom stereocenters. The van der Waals surface area contributed by atoms with Gasteiger partial charge >= 0.3 is 0 Å². The third-order valence-corrected chi connectivity index (χ3v) is 6.31. The Kier molecular flexibility index (Phi) is 5.77. The van der Waals surface area contributed by atoms with Gasteiger partial charge in [-0.25, -0.2) is 4.98 Å². The Balaban J connectivity index is 1.73. The fourth-order valence-corrected chi connectivity index (χ4v) is 5.09. The molecule has 138 valence electrons. The van der Waals surface area contributed by atoms with Gasteiger partial charge in [-0.15, -0.1) is 11.8 Å². The van der Waals surface area contributed by atoms with E-state index in [-0.39, 0.29) is 17.2 Å². The molecule has 0 spiro atoms. The fraction of sp³-hybridized carbons (Fsp3) is 0.421. The molecule has 0 radical (unpaired) electrons. The molecule has 0 saturated carbocycles. The van der Waals surface area contributed by atoms with E-state index in [1.165, 1.54) is 11.8 Å². The van der Waals surface area contributed by atoms with Crippen LogP contribution in [0, 0.1) is 13.8 Å². The van der Waals surface area contributed by atoms with Crippen molar-refractivity contribution in [3.8, 4) is 0 Å². The van der Waals surface area contributed by atoms with Crippen LogP contribution < -0.4 is 10.9 Å².